The number of hydrogen-bond acceptors (Lipinski definition) is 4. The first-order chi connectivity index (χ1) is 20.2. The number of imidazole rings is 1. The van der Waals surface area contributed by atoms with Crippen LogP contribution >= 0.6 is 0 Å². The Morgan fingerprint density at radius 1 is 0.767 bits per heavy atom. The fourth-order valence-electron chi connectivity index (χ4n) is 6.18. The maximum atomic E-state index is 5.02. The Morgan fingerprint density at radius 3 is 2.07 bits per heavy atom. The first-order valence-corrected chi connectivity index (χ1v) is 14.3. The maximum Gasteiger partial charge on any atom is 0.198 e. The van der Waals surface area contributed by atoms with Crippen LogP contribution in [-0.2, 0) is 28.1 Å². The summed E-state index contributed by atoms with van der Waals surface area (Å²) in [7, 11) is 4.10. The molecule has 7 heteroatoms. The first kappa shape index (κ1) is 30.6. The standard InChI is InChI=1S/C36H35BN5.Pt/c1-24-19-25(2)34(26(3)20-24)37(32-17-12-18-33(22-32)42-23-40(6)28(5)39-42)31-16-11-15-30(21-31)36-38-27(4)35(41(36)7)29-13-9-8-10-14-29;/h8-20,23H,1-7H3;/q-3;. The zero-order valence-electron chi connectivity index (χ0n) is 25.7. The number of aryl methyl sites for hydroxylation is 4. The summed E-state index contributed by atoms with van der Waals surface area (Å²) >= 11 is 0. The number of hydrogen-bond donors (Lipinski definition) is 0. The fourth-order valence-corrected chi connectivity index (χ4v) is 6.18. The molecule has 43 heavy (non-hydrogen) atoms. The van der Waals surface area contributed by atoms with E-state index in [1.54, 1.807) is 0 Å². The van der Waals surface area contributed by atoms with E-state index in [0.29, 0.717) is 0 Å². The van der Waals surface area contributed by atoms with E-state index in [1.165, 1.54) is 22.2 Å². The van der Waals surface area contributed by atoms with Crippen molar-refractivity contribution in [3.8, 4) is 22.6 Å². The van der Waals surface area contributed by atoms with Gasteiger partial charge in [0.25, 0.3) is 0 Å². The Labute approximate surface area is 270 Å². The van der Waals surface area contributed by atoms with E-state index in [-0.39, 0.29) is 27.8 Å². The van der Waals surface area contributed by atoms with E-state index in [0.717, 1.165) is 50.8 Å². The molecule has 1 aliphatic heterocycles. The second kappa shape index (κ2) is 12.4. The number of anilines is 1. The normalized spacial score (nSPS) is 12.8. The second-order valence-corrected chi connectivity index (χ2v) is 11.3. The number of amidine groups is 1. The van der Waals surface area contributed by atoms with Crippen LogP contribution in [0.1, 0.15) is 29.3 Å². The minimum atomic E-state index is -0.0640. The molecule has 0 radical (unpaired) electrons. The molecule has 1 aromatic heterocycles. The summed E-state index contributed by atoms with van der Waals surface area (Å²) in [4.78, 5) is 7.04. The van der Waals surface area contributed by atoms with Gasteiger partial charge in [0.05, 0.1) is 23.0 Å². The van der Waals surface area contributed by atoms with Crippen molar-refractivity contribution in [1.82, 2.24) is 14.5 Å². The Bertz CT molecular complexity index is 1790. The summed E-state index contributed by atoms with van der Waals surface area (Å²) in [6.07, 6.45) is 0. The van der Waals surface area contributed by atoms with E-state index in [2.05, 4.69) is 124 Å². The van der Waals surface area contributed by atoms with Gasteiger partial charge in [-0.25, -0.2) is 0 Å². The minimum Gasteiger partial charge on any atom is -0.491 e. The third kappa shape index (κ3) is 5.86. The van der Waals surface area contributed by atoms with Crippen molar-refractivity contribution in [1.29, 1.82) is 0 Å². The number of benzene rings is 4. The predicted octanol–water partition coefficient (Wildman–Crippen LogP) is 5.31. The molecule has 5 aromatic rings. The van der Waals surface area contributed by atoms with Gasteiger partial charge in [-0.05, 0) is 47.2 Å². The Kier molecular flexibility index (Phi) is 8.80. The molecule has 0 saturated carbocycles. The van der Waals surface area contributed by atoms with Gasteiger partial charge < -0.3 is 14.5 Å². The van der Waals surface area contributed by atoms with E-state index >= 15 is 0 Å². The van der Waals surface area contributed by atoms with Crippen LogP contribution < -0.4 is 21.4 Å². The van der Waals surface area contributed by atoms with E-state index in [1.807, 2.05) is 36.6 Å². The Morgan fingerprint density at radius 2 is 1.42 bits per heavy atom. The molecule has 2 heterocycles. The van der Waals surface area contributed by atoms with E-state index in [9.17, 15) is 0 Å². The average Bonchev–Trinajstić information content (AvgIpc) is 3.47. The molecule has 0 aliphatic carbocycles. The van der Waals surface area contributed by atoms with Gasteiger partial charge in [-0.2, -0.15) is 34.2 Å². The van der Waals surface area contributed by atoms with Crippen LogP contribution in [-0.4, -0.2) is 34.0 Å². The van der Waals surface area contributed by atoms with Gasteiger partial charge in [0.1, 0.15) is 0 Å². The number of nitrogens with zero attached hydrogens (tertiary/aromatic N) is 5. The van der Waals surface area contributed by atoms with Crippen LogP contribution in [0.15, 0.2) is 84.0 Å². The number of hydrazone groups is 1. The SMILES string of the molecule is CC1=NN(c2[c-]c(B(c3[c-]c(-c4nc(C)c(-c5ccccc5)n4C)ccc3)c3c(C)cc(C)cc3C)ccc2)[CH-]N1C.[Pt]. The summed E-state index contributed by atoms with van der Waals surface area (Å²) in [6, 6.07) is 35.3. The van der Waals surface area contributed by atoms with Gasteiger partial charge in [-0.15, -0.1) is 42.6 Å². The van der Waals surface area contributed by atoms with Gasteiger partial charge in [0.15, 0.2) is 6.71 Å². The molecule has 0 spiro atoms. The molecule has 0 amide bonds. The van der Waals surface area contributed by atoms with Gasteiger partial charge >= 0.3 is 0 Å². The van der Waals surface area contributed by atoms with Gasteiger partial charge in [-0.3, -0.25) is 4.98 Å². The topological polar surface area (TPSA) is 36.7 Å². The molecule has 6 rings (SSSR count). The molecular weight excluding hydrogens is 708 g/mol. The summed E-state index contributed by atoms with van der Waals surface area (Å²) < 4.78 is 2.18. The quantitative estimate of drug-likeness (QED) is 0.175. The van der Waals surface area contributed by atoms with Crippen molar-refractivity contribution >= 4 is 34.6 Å². The molecule has 1 aliphatic rings. The zero-order valence-corrected chi connectivity index (χ0v) is 28.0. The van der Waals surface area contributed by atoms with Crippen molar-refractivity contribution in [2.24, 2.45) is 12.1 Å². The molecule has 0 bridgehead atoms. The van der Waals surface area contributed by atoms with Crippen LogP contribution in [0.25, 0.3) is 22.6 Å². The summed E-state index contributed by atoms with van der Waals surface area (Å²) in [5, 5.41) is 6.60. The molecule has 220 valence electrons. The molecule has 0 unspecified atom stereocenters. The molecule has 0 fully saturated rings. The Hall–Kier alpha value is -3.89. The zero-order chi connectivity index (χ0) is 29.5. The third-order valence-corrected chi connectivity index (χ3v) is 8.12. The molecule has 0 atom stereocenters. The van der Waals surface area contributed by atoms with Gasteiger partial charge in [0.2, 0.25) is 0 Å². The minimum absolute atomic E-state index is 0. The average molecular weight is 744 g/mol. The number of rotatable bonds is 6. The molecule has 0 N–H and O–H groups in total. The summed E-state index contributed by atoms with van der Waals surface area (Å²) in [5.41, 5.74) is 12.4. The van der Waals surface area contributed by atoms with Crippen LogP contribution in [0, 0.1) is 46.5 Å². The third-order valence-electron chi connectivity index (χ3n) is 8.12. The summed E-state index contributed by atoms with van der Waals surface area (Å²) in [5.74, 6) is 1.85. The van der Waals surface area contributed by atoms with Gasteiger partial charge in [-0.1, -0.05) is 70.3 Å². The predicted molar refractivity (Wildman–Crippen MR) is 176 cm³/mol. The molecule has 5 nitrogen and oxygen atoms in total. The molecule has 4 aromatic carbocycles. The van der Waals surface area contributed by atoms with Crippen molar-refractivity contribution < 1.29 is 21.1 Å². The smallest absolute Gasteiger partial charge is 0.198 e. The molecular formula is C36H35BN5Pt-3. The first-order valence-electron chi connectivity index (χ1n) is 14.3. The van der Waals surface area contributed by atoms with Crippen LogP contribution in [0.2, 0.25) is 0 Å². The van der Waals surface area contributed by atoms with Crippen molar-refractivity contribution in [2.45, 2.75) is 34.6 Å². The summed E-state index contributed by atoms with van der Waals surface area (Å²) in [6.45, 7) is 12.6. The fraction of sp³-hybridized carbons (Fsp3) is 0.194. The van der Waals surface area contributed by atoms with Gasteiger partial charge in [0, 0.05) is 28.1 Å². The monoisotopic (exact) mass is 743 g/mol. The second-order valence-electron chi connectivity index (χ2n) is 11.3. The van der Waals surface area contributed by atoms with E-state index in [4.69, 9.17) is 10.1 Å². The molecule has 0 saturated heterocycles. The van der Waals surface area contributed by atoms with Crippen molar-refractivity contribution in [3.05, 3.63) is 120 Å². The van der Waals surface area contributed by atoms with Crippen LogP contribution in [0.5, 0.6) is 0 Å². The van der Waals surface area contributed by atoms with Crippen LogP contribution in [0.4, 0.5) is 5.69 Å². The van der Waals surface area contributed by atoms with Crippen molar-refractivity contribution in [3.63, 3.8) is 0 Å². The van der Waals surface area contributed by atoms with Crippen LogP contribution in [0.3, 0.4) is 0 Å². The van der Waals surface area contributed by atoms with E-state index < -0.39 is 0 Å². The number of aromatic nitrogens is 2. The maximum absolute atomic E-state index is 5.02. The largest absolute Gasteiger partial charge is 0.491 e. The van der Waals surface area contributed by atoms with Crippen molar-refractivity contribution in [2.75, 3.05) is 12.1 Å². The Balaban J connectivity index is 0.00000368.